The number of aliphatic imine (C=N–C) groups is 1. The molecule has 22 heavy (non-hydrogen) atoms. The number of benzene rings is 1. The highest BCUT2D eigenvalue weighted by atomic mass is 19.4. The topological polar surface area (TPSA) is 63.2 Å². The summed E-state index contributed by atoms with van der Waals surface area (Å²) in [7, 11) is 1.55. The summed E-state index contributed by atoms with van der Waals surface area (Å²) in [5.41, 5.74) is 7.10. The molecular weight excluding hydrogens is 297 g/mol. The second-order valence-electron chi connectivity index (χ2n) is 4.96. The van der Waals surface area contributed by atoms with Gasteiger partial charge >= 0.3 is 6.18 Å². The van der Waals surface area contributed by atoms with Crippen LogP contribution in [0.4, 0.5) is 13.2 Å². The Morgan fingerprint density at radius 1 is 1.45 bits per heavy atom. The van der Waals surface area contributed by atoms with E-state index in [0.29, 0.717) is 18.0 Å². The summed E-state index contributed by atoms with van der Waals surface area (Å²) in [6, 6.07) is 7.32. The molecule has 0 spiro atoms. The molecule has 0 saturated carbocycles. The third kappa shape index (κ3) is 3.69. The molecule has 1 aliphatic rings. The lowest BCUT2D eigenvalue weighted by Gasteiger charge is -2.13. The van der Waals surface area contributed by atoms with Gasteiger partial charge in [-0.1, -0.05) is 19.1 Å². The van der Waals surface area contributed by atoms with Crippen LogP contribution in [-0.2, 0) is 0 Å². The Labute approximate surface area is 126 Å². The Balaban J connectivity index is 2.24. The lowest BCUT2D eigenvalue weighted by atomic mass is 9.99. The van der Waals surface area contributed by atoms with Crippen LogP contribution in [0.2, 0.25) is 0 Å². The fraction of sp³-hybridized carbons (Fsp3) is 0.429. The monoisotopic (exact) mass is 314 g/mol. The van der Waals surface area contributed by atoms with Gasteiger partial charge in [-0.15, -0.1) is 0 Å². The number of methoxy groups -OCH3 is 1. The normalized spacial score (nSPS) is 19.3. The third-order valence-corrected chi connectivity index (χ3v) is 3.21. The average Bonchev–Trinajstić information content (AvgIpc) is 2.86. The smallest absolute Gasteiger partial charge is 0.408 e. The van der Waals surface area contributed by atoms with Gasteiger partial charge in [0.2, 0.25) is 5.96 Å². The third-order valence-electron chi connectivity index (χ3n) is 3.21. The number of alkyl halides is 3. The van der Waals surface area contributed by atoms with E-state index >= 15 is 0 Å². The first kappa shape index (κ1) is 16.1. The molecule has 1 aromatic carbocycles. The standard InChI is InChI=1S/C14H17F3N4O/c1-9-7-21(13(18)19-8-14(15,16)17)20-12(9)10-5-3-4-6-11(10)22-2/h3-6,9H,7-8H2,1-2H3,(H2,18,19). The first-order valence-corrected chi connectivity index (χ1v) is 6.68. The summed E-state index contributed by atoms with van der Waals surface area (Å²) in [6.07, 6.45) is -4.38. The quantitative estimate of drug-likeness (QED) is 0.687. The number of hydrazone groups is 1. The maximum Gasteiger partial charge on any atom is 0.408 e. The van der Waals surface area contributed by atoms with Gasteiger partial charge in [-0.05, 0) is 12.1 Å². The number of para-hydroxylation sites is 1. The van der Waals surface area contributed by atoms with Crippen LogP contribution in [0.25, 0.3) is 0 Å². The molecule has 1 atom stereocenters. The molecule has 2 rings (SSSR count). The van der Waals surface area contributed by atoms with E-state index in [-0.39, 0.29) is 11.9 Å². The van der Waals surface area contributed by atoms with Gasteiger partial charge in [0, 0.05) is 11.5 Å². The van der Waals surface area contributed by atoms with Gasteiger partial charge in [-0.3, -0.25) is 0 Å². The Kier molecular flexibility index (Phi) is 4.58. The second kappa shape index (κ2) is 6.25. The highest BCUT2D eigenvalue weighted by Gasteiger charge is 2.30. The first-order valence-electron chi connectivity index (χ1n) is 6.68. The van der Waals surface area contributed by atoms with Gasteiger partial charge in [-0.25, -0.2) is 10.0 Å². The highest BCUT2D eigenvalue weighted by molar-refractivity contribution is 6.06. The van der Waals surface area contributed by atoms with E-state index in [1.807, 2.05) is 25.1 Å². The average molecular weight is 314 g/mol. The molecule has 1 heterocycles. The highest BCUT2D eigenvalue weighted by Crippen LogP contribution is 2.26. The van der Waals surface area contributed by atoms with Crippen molar-refractivity contribution in [3.63, 3.8) is 0 Å². The second-order valence-corrected chi connectivity index (χ2v) is 4.96. The number of rotatable bonds is 3. The predicted octanol–water partition coefficient (Wildman–Crippen LogP) is 2.23. The minimum atomic E-state index is -4.38. The van der Waals surface area contributed by atoms with Crippen molar-refractivity contribution in [3.05, 3.63) is 29.8 Å². The lowest BCUT2D eigenvalue weighted by Crippen LogP contribution is -2.34. The van der Waals surface area contributed by atoms with Gasteiger partial charge < -0.3 is 10.5 Å². The molecule has 0 aromatic heterocycles. The van der Waals surface area contributed by atoms with E-state index in [1.165, 1.54) is 5.01 Å². The van der Waals surface area contributed by atoms with Crippen LogP contribution < -0.4 is 10.5 Å². The number of nitrogens with two attached hydrogens (primary N) is 1. The molecule has 120 valence electrons. The van der Waals surface area contributed by atoms with E-state index in [9.17, 15) is 13.2 Å². The summed E-state index contributed by atoms with van der Waals surface area (Å²) in [4.78, 5) is 3.34. The summed E-state index contributed by atoms with van der Waals surface area (Å²) in [5.74, 6) is 0.408. The fourth-order valence-corrected chi connectivity index (χ4v) is 2.19. The van der Waals surface area contributed by atoms with Crippen LogP contribution in [0, 0.1) is 5.92 Å². The van der Waals surface area contributed by atoms with Crippen molar-refractivity contribution < 1.29 is 17.9 Å². The summed E-state index contributed by atoms with van der Waals surface area (Å²) < 4.78 is 41.8. The van der Waals surface area contributed by atoms with Crippen molar-refractivity contribution in [1.82, 2.24) is 5.01 Å². The zero-order chi connectivity index (χ0) is 16.3. The van der Waals surface area contributed by atoms with Gasteiger partial charge in [0.15, 0.2) is 0 Å². The molecule has 8 heteroatoms. The maximum atomic E-state index is 12.2. The van der Waals surface area contributed by atoms with E-state index in [4.69, 9.17) is 10.5 Å². The van der Waals surface area contributed by atoms with Crippen molar-refractivity contribution >= 4 is 11.7 Å². The molecule has 1 unspecified atom stereocenters. The number of ether oxygens (including phenoxy) is 1. The molecule has 2 N–H and O–H groups in total. The van der Waals surface area contributed by atoms with Crippen LogP contribution in [0.3, 0.4) is 0 Å². The minimum absolute atomic E-state index is 0.00376. The van der Waals surface area contributed by atoms with Gasteiger partial charge in [0.05, 0.1) is 19.4 Å². The molecule has 0 radical (unpaired) electrons. The van der Waals surface area contributed by atoms with Gasteiger partial charge in [0.1, 0.15) is 12.3 Å². The molecule has 0 saturated heterocycles. The molecule has 0 amide bonds. The SMILES string of the molecule is COc1ccccc1C1=NN(C(N)=NCC(F)(F)F)CC1C. The summed E-state index contributed by atoms with van der Waals surface area (Å²) in [5, 5.41) is 5.59. The Morgan fingerprint density at radius 3 is 2.77 bits per heavy atom. The maximum absolute atomic E-state index is 12.2. The van der Waals surface area contributed by atoms with E-state index in [0.717, 1.165) is 5.56 Å². The lowest BCUT2D eigenvalue weighted by molar-refractivity contribution is -0.118. The molecule has 0 bridgehead atoms. The molecule has 1 aromatic rings. The molecular formula is C14H17F3N4O. The van der Waals surface area contributed by atoms with E-state index in [1.54, 1.807) is 13.2 Å². The number of hydrogen-bond acceptors (Lipinski definition) is 3. The molecule has 0 fully saturated rings. The van der Waals surface area contributed by atoms with E-state index < -0.39 is 12.7 Å². The van der Waals surface area contributed by atoms with Crippen LogP contribution in [0.1, 0.15) is 12.5 Å². The van der Waals surface area contributed by atoms with Crippen molar-refractivity contribution in [2.24, 2.45) is 21.7 Å². The Bertz CT molecular complexity index is 598. The van der Waals surface area contributed by atoms with Crippen molar-refractivity contribution in [1.29, 1.82) is 0 Å². The first-order chi connectivity index (χ1) is 10.3. The molecule has 5 nitrogen and oxygen atoms in total. The predicted molar refractivity (Wildman–Crippen MR) is 77.9 cm³/mol. The number of hydrogen-bond donors (Lipinski definition) is 1. The largest absolute Gasteiger partial charge is 0.496 e. The van der Waals surface area contributed by atoms with Crippen molar-refractivity contribution in [2.75, 3.05) is 20.2 Å². The zero-order valence-corrected chi connectivity index (χ0v) is 12.3. The minimum Gasteiger partial charge on any atom is -0.496 e. The van der Waals surface area contributed by atoms with Crippen LogP contribution in [0.5, 0.6) is 5.75 Å². The fourth-order valence-electron chi connectivity index (χ4n) is 2.19. The summed E-state index contributed by atoms with van der Waals surface area (Å²) >= 11 is 0. The molecule has 0 aliphatic carbocycles. The van der Waals surface area contributed by atoms with Gasteiger partial charge in [0.25, 0.3) is 0 Å². The Morgan fingerprint density at radius 2 is 2.14 bits per heavy atom. The summed E-state index contributed by atoms with van der Waals surface area (Å²) in [6.45, 7) is 0.978. The zero-order valence-electron chi connectivity index (χ0n) is 12.3. The van der Waals surface area contributed by atoms with Gasteiger partial charge in [-0.2, -0.15) is 18.3 Å². The number of nitrogens with zero attached hydrogens (tertiary/aromatic N) is 3. The van der Waals surface area contributed by atoms with Crippen molar-refractivity contribution in [2.45, 2.75) is 13.1 Å². The van der Waals surface area contributed by atoms with Crippen molar-refractivity contribution in [3.8, 4) is 5.75 Å². The number of halogens is 3. The van der Waals surface area contributed by atoms with Crippen LogP contribution in [-0.4, -0.2) is 43.1 Å². The molecule has 1 aliphatic heterocycles. The number of guanidine groups is 1. The van der Waals surface area contributed by atoms with Crippen LogP contribution >= 0.6 is 0 Å². The Hall–Kier alpha value is -2.25. The van der Waals surface area contributed by atoms with E-state index in [2.05, 4.69) is 10.1 Å². The van der Waals surface area contributed by atoms with Crippen LogP contribution in [0.15, 0.2) is 34.4 Å².